The average Bonchev–Trinajstić information content (AvgIpc) is 2.96. The smallest absolute Gasteiger partial charge is 0.338 e. The lowest BCUT2D eigenvalue weighted by molar-refractivity contribution is 0.0486. The maximum Gasteiger partial charge on any atom is 0.338 e. The van der Waals surface area contributed by atoms with Gasteiger partial charge in [0.05, 0.1) is 12.2 Å². The molecule has 1 aromatic rings. The van der Waals surface area contributed by atoms with Crippen molar-refractivity contribution in [2.24, 2.45) is 5.92 Å². The molecule has 1 heterocycles. The summed E-state index contributed by atoms with van der Waals surface area (Å²) in [7, 11) is 0. The fourth-order valence-corrected chi connectivity index (χ4v) is 1.60. The van der Waals surface area contributed by atoms with E-state index in [0.29, 0.717) is 18.1 Å². The summed E-state index contributed by atoms with van der Waals surface area (Å²) >= 11 is 11.3. The average molecular weight is 246 g/mol. The van der Waals surface area contributed by atoms with Gasteiger partial charge in [0.25, 0.3) is 0 Å². The molecule has 0 bridgehead atoms. The molecule has 0 atom stereocenters. The highest BCUT2D eigenvalue weighted by Gasteiger charge is 2.23. The predicted octanol–water partition coefficient (Wildman–Crippen LogP) is 2.96. The molecule has 0 aliphatic heterocycles. The minimum absolute atomic E-state index is 0.195. The first-order valence-electron chi connectivity index (χ1n) is 4.65. The molecule has 1 aliphatic carbocycles. The van der Waals surface area contributed by atoms with Gasteiger partial charge in [0.1, 0.15) is 10.3 Å². The van der Waals surface area contributed by atoms with Gasteiger partial charge in [0.2, 0.25) is 0 Å². The van der Waals surface area contributed by atoms with Crippen LogP contribution in [0.2, 0.25) is 10.3 Å². The number of pyridine rings is 1. The maximum absolute atomic E-state index is 11.5. The molecule has 0 radical (unpaired) electrons. The second-order valence-electron chi connectivity index (χ2n) is 3.54. The van der Waals surface area contributed by atoms with E-state index in [-0.39, 0.29) is 10.3 Å². The molecule has 0 aromatic carbocycles. The zero-order valence-electron chi connectivity index (χ0n) is 7.87. The lowest BCUT2D eigenvalue weighted by atomic mass is 10.3. The van der Waals surface area contributed by atoms with E-state index in [2.05, 4.69) is 4.98 Å². The van der Waals surface area contributed by atoms with Crippen LogP contribution in [0, 0.1) is 5.92 Å². The van der Waals surface area contributed by atoms with E-state index in [9.17, 15) is 4.79 Å². The number of hydrogen-bond donors (Lipinski definition) is 0. The molecule has 0 amide bonds. The van der Waals surface area contributed by atoms with Crippen LogP contribution in [0.15, 0.2) is 12.1 Å². The number of ether oxygens (including phenoxy) is 1. The Morgan fingerprint density at radius 1 is 1.40 bits per heavy atom. The largest absolute Gasteiger partial charge is 0.462 e. The molecular formula is C10H9Cl2NO2. The fourth-order valence-electron chi connectivity index (χ4n) is 1.14. The monoisotopic (exact) mass is 245 g/mol. The van der Waals surface area contributed by atoms with Crippen molar-refractivity contribution in [2.45, 2.75) is 12.8 Å². The molecule has 0 unspecified atom stereocenters. The molecule has 5 heteroatoms. The van der Waals surface area contributed by atoms with Gasteiger partial charge in [0.15, 0.2) is 0 Å². The Labute approximate surface area is 97.4 Å². The van der Waals surface area contributed by atoms with Gasteiger partial charge in [0, 0.05) is 0 Å². The Kier molecular flexibility index (Phi) is 3.12. The number of carbonyl (C=O) groups is 1. The molecular weight excluding hydrogens is 237 g/mol. The fraction of sp³-hybridized carbons (Fsp3) is 0.400. The van der Waals surface area contributed by atoms with Crippen LogP contribution in [-0.2, 0) is 4.74 Å². The lowest BCUT2D eigenvalue weighted by Gasteiger charge is -2.03. The summed E-state index contributed by atoms with van der Waals surface area (Å²) in [6, 6.07) is 2.89. The first kappa shape index (κ1) is 10.7. The first-order valence-corrected chi connectivity index (χ1v) is 5.41. The summed E-state index contributed by atoms with van der Waals surface area (Å²) in [5.74, 6) is 0.148. The van der Waals surface area contributed by atoms with Gasteiger partial charge in [-0.2, -0.15) is 0 Å². The van der Waals surface area contributed by atoms with Crippen molar-refractivity contribution in [2.75, 3.05) is 6.61 Å². The first-order chi connectivity index (χ1) is 7.15. The second-order valence-corrected chi connectivity index (χ2v) is 4.32. The van der Waals surface area contributed by atoms with Gasteiger partial charge < -0.3 is 4.74 Å². The van der Waals surface area contributed by atoms with Gasteiger partial charge in [-0.25, -0.2) is 9.78 Å². The number of rotatable bonds is 3. The SMILES string of the molecule is O=C(OCC1CC1)c1cc(Cl)nc(Cl)c1. The van der Waals surface area contributed by atoms with Crippen molar-refractivity contribution in [1.82, 2.24) is 4.98 Å². The van der Waals surface area contributed by atoms with E-state index in [1.54, 1.807) is 0 Å². The van der Waals surface area contributed by atoms with Crippen LogP contribution < -0.4 is 0 Å². The minimum atomic E-state index is -0.395. The Morgan fingerprint density at radius 2 is 2.00 bits per heavy atom. The molecule has 1 saturated carbocycles. The summed E-state index contributed by atoms with van der Waals surface area (Å²) in [5, 5.41) is 0.391. The molecule has 0 spiro atoms. The van der Waals surface area contributed by atoms with E-state index in [1.807, 2.05) is 0 Å². The van der Waals surface area contributed by atoms with E-state index in [1.165, 1.54) is 12.1 Å². The molecule has 0 N–H and O–H groups in total. The van der Waals surface area contributed by atoms with E-state index < -0.39 is 5.97 Å². The van der Waals surface area contributed by atoms with Crippen molar-refractivity contribution in [3.05, 3.63) is 28.0 Å². The Morgan fingerprint density at radius 3 is 2.53 bits per heavy atom. The lowest BCUT2D eigenvalue weighted by Crippen LogP contribution is -2.07. The van der Waals surface area contributed by atoms with E-state index in [0.717, 1.165) is 12.8 Å². The van der Waals surface area contributed by atoms with Crippen LogP contribution >= 0.6 is 23.2 Å². The summed E-state index contributed by atoms with van der Waals surface area (Å²) in [6.45, 7) is 0.483. The van der Waals surface area contributed by atoms with Crippen LogP contribution in [0.4, 0.5) is 0 Å². The van der Waals surface area contributed by atoms with Gasteiger partial charge in [-0.15, -0.1) is 0 Å². The molecule has 2 rings (SSSR count). The van der Waals surface area contributed by atoms with Crippen molar-refractivity contribution in [1.29, 1.82) is 0 Å². The summed E-state index contributed by atoms with van der Waals surface area (Å²) < 4.78 is 5.08. The quantitative estimate of drug-likeness (QED) is 0.608. The highest BCUT2D eigenvalue weighted by molar-refractivity contribution is 6.32. The van der Waals surface area contributed by atoms with E-state index >= 15 is 0 Å². The second kappa shape index (κ2) is 4.37. The number of esters is 1. The maximum atomic E-state index is 11.5. The third-order valence-corrected chi connectivity index (χ3v) is 2.53. The summed E-state index contributed by atoms with van der Waals surface area (Å²) in [5.41, 5.74) is 0.348. The van der Waals surface area contributed by atoms with Crippen LogP contribution in [-0.4, -0.2) is 17.6 Å². The zero-order valence-corrected chi connectivity index (χ0v) is 9.38. The number of carbonyl (C=O) groups excluding carboxylic acids is 1. The normalized spacial score (nSPS) is 15.1. The predicted molar refractivity (Wildman–Crippen MR) is 57.3 cm³/mol. The van der Waals surface area contributed by atoms with Gasteiger partial charge in [-0.1, -0.05) is 23.2 Å². The van der Waals surface area contributed by atoms with Gasteiger partial charge in [-0.3, -0.25) is 0 Å². The topological polar surface area (TPSA) is 39.2 Å². The van der Waals surface area contributed by atoms with Crippen molar-refractivity contribution >= 4 is 29.2 Å². The molecule has 1 aliphatic rings. The Hall–Kier alpha value is -0.800. The van der Waals surface area contributed by atoms with Crippen LogP contribution in [0.1, 0.15) is 23.2 Å². The van der Waals surface area contributed by atoms with Crippen LogP contribution in [0.25, 0.3) is 0 Å². The molecule has 3 nitrogen and oxygen atoms in total. The standard InChI is InChI=1S/C10H9Cl2NO2/c11-8-3-7(4-9(12)13-8)10(14)15-5-6-1-2-6/h3-4,6H,1-2,5H2. The third kappa shape index (κ3) is 3.08. The zero-order chi connectivity index (χ0) is 10.8. The van der Waals surface area contributed by atoms with E-state index in [4.69, 9.17) is 27.9 Å². The molecule has 15 heavy (non-hydrogen) atoms. The van der Waals surface area contributed by atoms with Crippen molar-refractivity contribution < 1.29 is 9.53 Å². The third-order valence-electron chi connectivity index (χ3n) is 2.15. The summed E-state index contributed by atoms with van der Waals surface area (Å²) in [4.78, 5) is 15.3. The highest BCUT2D eigenvalue weighted by Crippen LogP contribution is 2.29. The van der Waals surface area contributed by atoms with Gasteiger partial charge >= 0.3 is 5.97 Å². The minimum Gasteiger partial charge on any atom is -0.462 e. The molecule has 1 aromatic heterocycles. The Balaban J connectivity index is 2.02. The molecule has 80 valence electrons. The van der Waals surface area contributed by atoms with Crippen molar-refractivity contribution in [3.63, 3.8) is 0 Å². The highest BCUT2D eigenvalue weighted by atomic mass is 35.5. The van der Waals surface area contributed by atoms with Crippen LogP contribution in [0.5, 0.6) is 0 Å². The molecule has 1 fully saturated rings. The van der Waals surface area contributed by atoms with Crippen molar-refractivity contribution in [3.8, 4) is 0 Å². The number of nitrogens with zero attached hydrogens (tertiary/aromatic N) is 1. The Bertz CT molecular complexity index is 371. The number of halogens is 2. The van der Waals surface area contributed by atoms with Crippen LogP contribution in [0.3, 0.4) is 0 Å². The van der Waals surface area contributed by atoms with Gasteiger partial charge in [-0.05, 0) is 30.9 Å². The molecule has 0 saturated heterocycles. The number of hydrogen-bond acceptors (Lipinski definition) is 3. The summed E-state index contributed by atoms with van der Waals surface area (Å²) in [6.07, 6.45) is 2.29. The number of aromatic nitrogens is 1.